The summed E-state index contributed by atoms with van der Waals surface area (Å²) in [5.74, 6) is -0.800. The zero-order valence-electron chi connectivity index (χ0n) is 16.5. The van der Waals surface area contributed by atoms with Crippen LogP contribution in [0.1, 0.15) is 36.7 Å². The number of fused-ring (bicyclic) bond motifs is 1. The molecule has 4 heterocycles. The zero-order chi connectivity index (χ0) is 21.1. The van der Waals surface area contributed by atoms with Gasteiger partial charge in [0.1, 0.15) is 12.7 Å². The fraction of sp³-hybridized carbons (Fsp3) is 0.286. The molecule has 0 aliphatic rings. The Hall–Kier alpha value is -3.07. The van der Waals surface area contributed by atoms with Crippen molar-refractivity contribution in [3.63, 3.8) is 0 Å². The molecule has 0 saturated carbocycles. The van der Waals surface area contributed by atoms with Gasteiger partial charge in [0.25, 0.3) is 0 Å². The van der Waals surface area contributed by atoms with Gasteiger partial charge in [0, 0.05) is 40.1 Å². The Balaban J connectivity index is 1.95. The number of carboxylic acids is 1. The fourth-order valence-corrected chi connectivity index (χ4v) is 4.05. The first-order valence-electron chi connectivity index (χ1n) is 9.74. The molecule has 0 amide bonds. The van der Waals surface area contributed by atoms with E-state index in [0.29, 0.717) is 19.4 Å². The van der Waals surface area contributed by atoms with Gasteiger partial charge in [-0.15, -0.1) is 10.2 Å². The molecule has 0 aliphatic heterocycles. The van der Waals surface area contributed by atoms with Gasteiger partial charge in [-0.25, -0.2) is 4.52 Å². The molecule has 4 rings (SSSR count). The minimum atomic E-state index is -0.800. The summed E-state index contributed by atoms with van der Waals surface area (Å²) >= 11 is 3.52. The van der Waals surface area contributed by atoms with Crippen molar-refractivity contribution in [1.82, 2.24) is 29.4 Å². The van der Waals surface area contributed by atoms with Crippen LogP contribution in [0.3, 0.4) is 0 Å². The Bertz CT molecular complexity index is 1190. The summed E-state index contributed by atoms with van der Waals surface area (Å²) in [4.78, 5) is 15.5. The molecule has 0 saturated heterocycles. The third kappa shape index (κ3) is 4.11. The van der Waals surface area contributed by atoms with Crippen LogP contribution in [-0.2, 0) is 24.2 Å². The number of halogens is 1. The van der Waals surface area contributed by atoms with Crippen molar-refractivity contribution >= 4 is 27.4 Å². The summed E-state index contributed by atoms with van der Waals surface area (Å²) in [6.07, 6.45) is 8.98. The van der Waals surface area contributed by atoms with Crippen LogP contribution in [0.15, 0.2) is 47.7 Å². The highest BCUT2D eigenvalue weighted by Crippen LogP contribution is 2.33. The predicted octanol–water partition coefficient (Wildman–Crippen LogP) is 3.77. The maximum Gasteiger partial charge on any atom is 0.303 e. The number of aliphatic carboxylic acids is 1. The van der Waals surface area contributed by atoms with Crippen LogP contribution in [0.2, 0.25) is 0 Å². The number of aromatic nitrogens is 6. The van der Waals surface area contributed by atoms with Crippen molar-refractivity contribution in [1.29, 1.82) is 0 Å². The molecule has 4 aromatic heterocycles. The Labute approximate surface area is 181 Å². The molecule has 4 aromatic rings. The lowest BCUT2D eigenvalue weighted by molar-refractivity contribution is -0.137. The number of hydrogen-bond acceptors (Lipinski definition) is 5. The van der Waals surface area contributed by atoms with Gasteiger partial charge in [0.05, 0.1) is 17.8 Å². The van der Waals surface area contributed by atoms with E-state index < -0.39 is 5.97 Å². The van der Waals surface area contributed by atoms with Gasteiger partial charge in [-0.2, -0.15) is 5.10 Å². The van der Waals surface area contributed by atoms with Crippen LogP contribution in [0, 0.1) is 0 Å². The molecule has 0 unspecified atom stereocenters. The topological polar surface area (TPSA) is 98.2 Å². The Morgan fingerprint density at radius 3 is 2.70 bits per heavy atom. The van der Waals surface area contributed by atoms with E-state index in [-0.39, 0.29) is 6.42 Å². The van der Waals surface area contributed by atoms with E-state index in [1.54, 1.807) is 18.9 Å². The van der Waals surface area contributed by atoms with Crippen molar-refractivity contribution in [2.45, 2.75) is 39.2 Å². The lowest BCUT2D eigenvalue weighted by atomic mass is 9.95. The molecule has 1 N–H and O–H groups in total. The van der Waals surface area contributed by atoms with Gasteiger partial charge in [-0.1, -0.05) is 6.92 Å². The molecule has 8 nitrogen and oxygen atoms in total. The minimum Gasteiger partial charge on any atom is -0.481 e. The third-order valence-corrected chi connectivity index (χ3v) is 5.47. The zero-order valence-corrected chi connectivity index (χ0v) is 18.1. The van der Waals surface area contributed by atoms with E-state index in [9.17, 15) is 4.79 Å². The van der Waals surface area contributed by atoms with E-state index in [4.69, 9.17) is 10.2 Å². The van der Waals surface area contributed by atoms with Gasteiger partial charge in [0.15, 0.2) is 0 Å². The first kappa shape index (κ1) is 20.2. The van der Waals surface area contributed by atoms with Crippen LogP contribution in [0.25, 0.3) is 16.6 Å². The van der Waals surface area contributed by atoms with Crippen molar-refractivity contribution in [2.75, 3.05) is 0 Å². The number of nitrogens with zero attached hydrogens (tertiary/aromatic N) is 6. The molecule has 0 aromatic carbocycles. The molecule has 0 radical (unpaired) electrons. The van der Waals surface area contributed by atoms with Crippen molar-refractivity contribution < 1.29 is 9.90 Å². The van der Waals surface area contributed by atoms with E-state index in [0.717, 1.165) is 44.5 Å². The van der Waals surface area contributed by atoms with E-state index in [1.807, 2.05) is 21.3 Å². The fourth-order valence-electron chi connectivity index (χ4n) is 3.69. The van der Waals surface area contributed by atoms with Crippen LogP contribution >= 0.6 is 15.9 Å². The molecule has 9 heteroatoms. The molecule has 0 atom stereocenters. The molecule has 0 spiro atoms. The van der Waals surface area contributed by atoms with Gasteiger partial charge < -0.3 is 9.67 Å². The monoisotopic (exact) mass is 468 g/mol. The molecular weight excluding hydrogens is 448 g/mol. The summed E-state index contributed by atoms with van der Waals surface area (Å²) in [6, 6.07) is 6.19. The number of aryl methyl sites for hydroxylation is 1. The Morgan fingerprint density at radius 1 is 1.20 bits per heavy atom. The highest BCUT2D eigenvalue weighted by Gasteiger charge is 2.19. The molecular formula is C21H21BrN6O2. The number of carboxylic acid groups (broad SMARTS) is 1. The predicted molar refractivity (Wildman–Crippen MR) is 115 cm³/mol. The quantitative estimate of drug-likeness (QED) is 0.422. The SMILES string of the molecule is CCc1ccc2c(-c3cncc(Br)c3)c(CCCC(=O)O)c(Cn3cnnc3)nn12. The van der Waals surface area contributed by atoms with Crippen LogP contribution in [-0.4, -0.2) is 40.4 Å². The highest BCUT2D eigenvalue weighted by atomic mass is 79.9. The second kappa shape index (κ2) is 8.74. The first-order chi connectivity index (χ1) is 14.6. The summed E-state index contributed by atoms with van der Waals surface area (Å²) in [5, 5.41) is 21.9. The second-order valence-corrected chi connectivity index (χ2v) is 7.96. The van der Waals surface area contributed by atoms with Gasteiger partial charge in [0.2, 0.25) is 0 Å². The summed E-state index contributed by atoms with van der Waals surface area (Å²) in [7, 11) is 0. The minimum absolute atomic E-state index is 0.106. The highest BCUT2D eigenvalue weighted by molar-refractivity contribution is 9.10. The number of hydrogen-bond donors (Lipinski definition) is 1. The molecule has 0 fully saturated rings. The largest absolute Gasteiger partial charge is 0.481 e. The first-order valence-corrected chi connectivity index (χ1v) is 10.5. The molecule has 0 aliphatic carbocycles. The normalized spacial score (nSPS) is 11.3. The van der Waals surface area contributed by atoms with Crippen molar-refractivity contribution in [3.05, 3.63) is 64.7 Å². The average molecular weight is 469 g/mol. The summed E-state index contributed by atoms with van der Waals surface area (Å²) in [6.45, 7) is 2.60. The van der Waals surface area contributed by atoms with Gasteiger partial charge >= 0.3 is 5.97 Å². The van der Waals surface area contributed by atoms with Crippen molar-refractivity contribution in [2.24, 2.45) is 0 Å². The second-order valence-electron chi connectivity index (χ2n) is 7.05. The Kier molecular flexibility index (Phi) is 5.89. The van der Waals surface area contributed by atoms with Crippen molar-refractivity contribution in [3.8, 4) is 11.1 Å². The standard InChI is InChI=1S/C21H21BrN6O2/c1-2-16-6-7-19-21(14-8-15(22)10-23-9-14)17(4-3-5-20(29)30)18(26-28(16)19)11-27-12-24-25-13-27/h6-10,12-13H,2-5,11H2,1H3,(H,29,30). The number of carbonyl (C=O) groups is 1. The maximum absolute atomic E-state index is 11.1. The van der Waals surface area contributed by atoms with Crippen LogP contribution < -0.4 is 0 Å². The van der Waals surface area contributed by atoms with E-state index >= 15 is 0 Å². The van der Waals surface area contributed by atoms with Crippen LogP contribution in [0.5, 0.6) is 0 Å². The molecule has 0 bridgehead atoms. The lowest BCUT2D eigenvalue weighted by Crippen LogP contribution is -2.12. The number of pyridine rings is 1. The Morgan fingerprint density at radius 2 is 2.00 bits per heavy atom. The van der Waals surface area contributed by atoms with Gasteiger partial charge in [-0.3, -0.25) is 9.78 Å². The third-order valence-electron chi connectivity index (χ3n) is 5.03. The lowest BCUT2D eigenvalue weighted by Gasteiger charge is -2.17. The molecule has 30 heavy (non-hydrogen) atoms. The number of rotatable bonds is 8. The summed E-state index contributed by atoms with van der Waals surface area (Å²) in [5.41, 5.74) is 5.99. The van der Waals surface area contributed by atoms with E-state index in [2.05, 4.69) is 50.2 Å². The summed E-state index contributed by atoms with van der Waals surface area (Å²) < 4.78 is 4.73. The van der Waals surface area contributed by atoms with Gasteiger partial charge in [-0.05, 0) is 59.0 Å². The smallest absolute Gasteiger partial charge is 0.303 e. The van der Waals surface area contributed by atoms with Crippen LogP contribution in [0.4, 0.5) is 0 Å². The van der Waals surface area contributed by atoms with E-state index in [1.165, 1.54) is 0 Å². The molecule has 154 valence electrons. The maximum atomic E-state index is 11.1. The average Bonchev–Trinajstić information content (AvgIpc) is 3.37.